The van der Waals surface area contributed by atoms with Gasteiger partial charge < -0.3 is 14.9 Å². The first kappa shape index (κ1) is 14.1. The number of nitrogens with two attached hydrogens (primary N) is 1. The van der Waals surface area contributed by atoms with Gasteiger partial charge in [0.25, 0.3) is 0 Å². The molecule has 2 aromatic rings. The maximum absolute atomic E-state index is 12.1. The van der Waals surface area contributed by atoms with E-state index in [1.54, 1.807) is 19.1 Å². The molecule has 0 aliphatic carbocycles. The lowest BCUT2D eigenvalue weighted by atomic mass is 10.0. The summed E-state index contributed by atoms with van der Waals surface area (Å²) in [6, 6.07) is 4.46. The van der Waals surface area contributed by atoms with Crippen molar-refractivity contribution in [2.45, 2.75) is 26.7 Å². The fraction of sp³-hybridized carbons (Fsp3) is 0.333. The molecule has 1 aromatic carbocycles. The van der Waals surface area contributed by atoms with Gasteiger partial charge in [-0.25, -0.2) is 4.79 Å². The van der Waals surface area contributed by atoms with Crippen molar-refractivity contribution in [1.29, 1.82) is 0 Å². The second-order valence-corrected chi connectivity index (χ2v) is 4.46. The largest absolute Gasteiger partial charge is 0.460 e. The Morgan fingerprint density at radius 1 is 1.35 bits per heavy atom. The highest BCUT2D eigenvalue weighted by Crippen LogP contribution is 2.24. The Balaban J connectivity index is 2.70. The van der Waals surface area contributed by atoms with E-state index in [9.17, 15) is 9.59 Å². The third-order valence-electron chi connectivity index (χ3n) is 3.01. The van der Waals surface area contributed by atoms with Gasteiger partial charge in [-0.2, -0.15) is 0 Å². The Labute approximate surface area is 116 Å². The van der Waals surface area contributed by atoms with Crippen molar-refractivity contribution in [2.75, 3.05) is 12.3 Å². The van der Waals surface area contributed by atoms with Gasteiger partial charge in [0.05, 0.1) is 12.0 Å². The molecule has 1 aromatic heterocycles. The first-order valence-corrected chi connectivity index (χ1v) is 6.60. The zero-order chi connectivity index (χ0) is 14.7. The summed E-state index contributed by atoms with van der Waals surface area (Å²) >= 11 is 0. The topological polar surface area (TPSA) is 82.5 Å². The van der Waals surface area contributed by atoms with Crippen molar-refractivity contribution >= 4 is 22.6 Å². The molecule has 0 fully saturated rings. The van der Waals surface area contributed by atoms with Crippen molar-refractivity contribution in [2.24, 2.45) is 0 Å². The minimum Gasteiger partial charge on any atom is -0.460 e. The molecule has 1 heterocycles. The summed E-state index contributed by atoms with van der Waals surface area (Å²) in [5.41, 5.74) is 7.35. The molecule has 0 aliphatic heterocycles. The van der Waals surface area contributed by atoms with Gasteiger partial charge in [0.15, 0.2) is 5.43 Å². The number of carbonyl (C=O) groups excluding carboxylic acids is 1. The lowest BCUT2D eigenvalue weighted by Crippen LogP contribution is -2.11. The highest BCUT2D eigenvalue weighted by Gasteiger charge is 2.16. The Morgan fingerprint density at radius 3 is 2.75 bits per heavy atom. The Hall–Kier alpha value is -2.30. The lowest BCUT2D eigenvalue weighted by molar-refractivity contribution is 0.0490. The van der Waals surface area contributed by atoms with Crippen LogP contribution in [-0.2, 0) is 11.2 Å². The van der Waals surface area contributed by atoms with Crippen molar-refractivity contribution in [3.8, 4) is 0 Å². The van der Waals surface area contributed by atoms with Gasteiger partial charge in [0.1, 0.15) is 5.58 Å². The van der Waals surface area contributed by atoms with Crippen molar-refractivity contribution in [3.05, 3.63) is 39.7 Å². The molecule has 0 amide bonds. The number of aryl methyl sites for hydroxylation is 1. The maximum atomic E-state index is 12.1. The fourth-order valence-corrected chi connectivity index (χ4v) is 2.10. The minimum atomic E-state index is -0.642. The second-order valence-electron chi connectivity index (χ2n) is 4.46. The number of rotatable bonds is 4. The molecule has 5 heteroatoms. The number of carbonyl (C=O) groups is 1. The van der Waals surface area contributed by atoms with Crippen LogP contribution < -0.4 is 11.2 Å². The monoisotopic (exact) mass is 275 g/mol. The molecule has 0 radical (unpaired) electrons. The smallest absolute Gasteiger partial charge is 0.374 e. The van der Waals surface area contributed by atoms with Crippen LogP contribution in [0.1, 0.15) is 36.4 Å². The molecule has 0 saturated heterocycles. The van der Waals surface area contributed by atoms with Crippen LogP contribution in [0, 0.1) is 0 Å². The van der Waals surface area contributed by atoms with Crippen LogP contribution in [0.5, 0.6) is 0 Å². The number of hydrogen-bond donors (Lipinski definition) is 1. The average molecular weight is 275 g/mol. The molecule has 20 heavy (non-hydrogen) atoms. The first-order chi connectivity index (χ1) is 9.58. The number of anilines is 1. The molecule has 0 bridgehead atoms. The second kappa shape index (κ2) is 5.77. The number of fused-ring (bicyclic) bond motifs is 1. The number of nitrogen functional groups attached to an aromatic ring is 1. The van der Waals surface area contributed by atoms with Gasteiger partial charge in [-0.15, -0.1) is 0 Å². The van der Waals surface area contributed by atoms with E-state index < -0.39 is 5.97 Å². The van der Waals surface area contributed by atoms with E-state index in [-0.39, 0.29) is 17.8 Å². The number of esters is 1. The summed E-state index contributed by atoms with van der Waals surface area (Å²) in [7, 11) is 0. The predicted molar refractivity (Wildman–Crippen MR) is 76.8 cm³/mol. The van der Waals surface area contributed by atoms with Crippen molar-refractivity contribution in [1.82, 2.24) is 0 Å². The van der Waals surface area contributed by atoms with Crippen LogP contribution in [0.2, 0.25) is 0 Å². The van der Waals surface area contributed by atoms with E-state index in [1.165, 1.54) is 0 Å². The molecular formula is C15H17NO4. The Kier molecular flexibility index (Phi) is 4.08. The van der Waals surface area contributed by atoms with Crippen molar-refractivity contribution < 1.29 is 13.9 Å². The zero-order valence-corrected chi connectivity index (χ0v) is 11.6. The summed E-state index contributed by atoms with van der Waals surface area (Å²) in [6.07, 6.45) is 1.54. The Morgan fingerprint density at radius 2 is 2.10 bits per heavy atom. The van der Waals surface area contributed by atoms with Gasteiger partial charge in [-0.05, 0) is 25.5 Å². The van der Waals surface area contributed by atoms with Crippen LogP contribution in [-0.4, -0.2) is 12.6 Å². The van der Waals surface area contributed by atoms with E-state index >= 15 is 0 Å². The first-order valence-electron chi connectivity index (χ1n) is 6.60. The zero-order valence-electron chi connectivity index (χ0n) is 11.6. The highest BCUT2D eigenvalue weighted by atomic mass is 16.5. The molecule has 5 nitrogen and oxygen atoms in total. The lowest BCUT2D eigenvalue weighted by Gasteiger charge is -2.09. The molecule has 0 saturated carbocycles. The predicted octanol–water partition coefficient (Wildman–Crippen LogP) is 2.50. The third-order valence-corrected chi connectivity index (χ3v) is 3.01. The molecule has 0 atom stereocenters. The van der Waals surface area contributed by atoms with Gasteiger partial charge >= 0.3 is 5.97 Å². The normalized spacial score (nSPS) is 10.7. The Bertz CT molecular complexity index is 703. The van der Waals surface area contributed by atoms with E-state index in [0.717, 1.165) is 18.1 Å². The van der Waals surface area contributed by atoms with E-state index in [2.05, 4.69) is 0 Å². The van der Waals surface area contributed by atoms with Crippen LogP contribution in [0.25, 0.3) is 11.0 Å². The summed E-state index contributed by atoms with van der Waals surface area (Å²) in [6.45, 7) is 3.92. The summed E-state index contributed by atoms with van der Waals surface area (Å²) < 4.78 is 10.4. The molecule has 2 N–H and O–H groups in total. The number of ether oxygens (including phenoxy) is 1. The minimum absolute atomic E-state index is 0.0905. The van der Waals surface area contributed by atoms with Crippen LogP contribution in [0.15, 0.2) is 27.4 Å². The summed E-state index contributed by atoms with van der Waals surface area (Å²) in [5.74, 6) is -0.733. The molecule has 106 valence electrons. The third kappa shape index (κ3) is 2.52. The highest BCUT2D eigenvalue weighted by molar-refractivity contribution is 5.90. The van der Waals surface area contributed by atoms with Crippen molar-refractivity contribution in [3.63, 3.8) is 0 Å². The van der Waals surface area contributed by atoms with Gasteiger partial charge in [0.2, 0.25) is 5.76 Å². The van der Waals surface area contributed by atoms with Gasteiger partial charge in [0, 0.05) is 17.3 Å². The van der Waals surface area contributed by atoms with Crippen LogP contribution in [0.4, 0.5) is 5.69 Å². The SMILES string of the molecule is CCCc1c(N)ccc2c(=O)cc(C(=O)OCC)oc12. The molecular weight excluding hydrogens is 258 g/mol. The van der Waals surface area contributed by atoms with E-state index in [0.29, 0.717) is 23.1 Å². The molecule has 0 aliphatic rings. The van der Waals surface area contributed by atoms with E-state index in [1.807, 2.05) is 6.92 Å². The molecule has 0 unspecified atom stereocenters. The van der Waals surface area contributed by atoms with Gasteiger partial charge in [-0.3, -0.25) is 4.79 Å². The van der Waals surface area contributed by atoms with Crippen LogP contribution in [0.3, 0.4) is 0 Å². The quantitative estimate of drug-likeness (QED) is 0.684. The average Bonchev–Trinajstić information content (AvgIpc) is 2.42. The number of hydrogen-bond acceptors (Lipinski definition) is 5. The van der Waals surface area contributed by atoms with Crippen LogP contribution >= 0.6 is 0 Å². The van der Waals surface area contributed by atoms with E-state index in [4.69, 9.17) is 14.9 Å². The fourth-order valence-electron chi connectivity index (χ4n) is 2.10. The summed E-state index contributed by atoms with van der Waals surface area (Å²) in [4.78, 5) is 23.8. The standard InChI is InChI=1S/C15H17NO4/c1-3-5-9-11(16)7-6-10-12(17)8-13(20-14(9)10)15(18)19-4-2/h6-8H,3-5,16H2,1-2H3. The van der Waals surface area contributed by atoms with Gasteiger partial charge in [-0.1, -0.05) is 13.3 Å². The molecule has 0 spiro atoms. The maximum Gasteiger partial charge on any atom is 0.374 e. The summed E-state index contributed by atoms with van der Waals surface area (Å²) in [5, 5.41) is 0.427. The molecule has 2 rings (SSSR count). The number of benzene rings is 1.